The van der Waals surface area contributed by atoms with Crippen LogP contribution >= 0.6 is 0 Å². The van der Waals surface area contributed by atoms with E-state index in [-0.39, 0.29) is 0 Å². The zero-order valence-electron chi connectivity index (χ0n) is 10.3. The zero-order chi connectivity index (χ0) is 13.1. The highest BCUT2D eigenvalue weighted by molar-refractivity contribution is 5.45. The molecule has 0 radical (unpaired) electrons. The fraction of sp³-hybridized carbons (Fsp3) is 0.167. The smallest absolute Gasteiger partial charge is 0.199 e. The van der Waals surface area contributed by atoms with Crippen molar-refractivity contribution in [2.45, 2.75) is 6.54 Å². The number of rotatable bonds is 4. The topological polar surface area (TPSA) is 77.2 Å². The molecule has 19 heavy (non-hydrogen) atoms. The molecule has 0 atom stereocenters. The van der Waals surface area contributed by atoms with Crippen LogP contribution in [0, 0.1) is 0 Å². The van der Waals surface area contributed by atoms with Crippen LogP contribution in [0.1, 0.15) is 5.56 Å². The van der Waals surface area contributed by atoms with Crippen molar-refractivity contribution in [3.63, 3.8) is 0 Å². The SMILES string of the molecule is COc1ccccc1CNc1cncc2nnnn12. The Morgan fingerprint density at radius 1 is 1.26 bits per heavy atom. The van der Waals surface area contributed by atoms with E-state index >= 15 is 0 Å². The molecule has 7 nitrogen and oxygen atoms in total. The number of aromatic nitrogens is 5. The number of methoxy groups -OCH3 is 1. The summed E-state index contributed by atoms with van der Waals surface area (Å²) in [5, 5.41) is 14.6. The van der Waals surface area contributed by atoms with Crippen molar-refractivity contribution in [1.82, 2.24) is 25.0 Å². The highest BCUT2D eigenvalue weighted by Crippen LogP contribution is 2.18. The van der Waals surface area contributed by atoms with Gasteiger partial charge in [0.25, 0.3) is 0 Å². The van der Waals surface area contributed by atoms with E-state index in [2.05, 4.69) is 25.8 Å². The first-order valence-corrected chi connectivity index (χ1v) is 5.76. The third kappa shape index (κ3) is 2.17. The Hall–Kier alpha value is -2.70. The molecule has 2 aromatic heterocycles. The Kier molecular flexibility index (Phi) is 2.93. The number of nitrogens with zero attached hydrogens (tertiary/aromatic N) is 5. The number of benzene rings is 1. The van der Waals surface area contributed by atoms with Gasteiger partial charge in [0.05, 0.1) is 19.5 Å². The van der Waals surface area contributed by atoms with Crippen LogP contribution in [0.25, 0.3) is 5.65 Å². The first-order chi connectivity index (χ1) is 9.38. The van der Waals surface area contributed by atoms with E-state index in [9.17, 15) is 0 Å². The van der Waals surface area contributed by atoms with Crippen molar-refractivity contribution in [2.24, 2.45) is 0 Å². The van der Waals surface area contributed by atoms with Gasteiger partial charge in [-0.05, 0) is 16.5 Å². The number of para-hydroxylation sites is 1. The summed E-state index contributed by atoms with van der Waals surface area (Å²) >= 11 is 0. The van der Waals surface area contributed by atoms with Gasteiger partial charge in [-0.1, -0.05) is 18.2 Å². The van der Waals surface area contributed by atoms with Crippen LogP contribution in [-0.4, -0.2) is 32.1 Å². The van der Waals surface area contributed by atoms with Gasteiger partial charge in [0.1, 0.15) is 5.75 Å². The zero-order valence-corrected chi connectivity index (χ0v) is 10.3. The molecular formula is C12H12N6O. The molecule has 0 spiro atoms. The molecule has 1 N–H and O–H groups in total. The third-order valence-corrected chi connectivity index (χ3v) is 2.76. The van der Waals surface area contributed by atoms with Gasteiger partial charge in [0, 0.05) is 12.1 Å². The van der Waals surface area contributed by atoms with Crippen LogP contribution in [0.2, 0.25) is 0 Å². The van der Waals surface area contributed by atoms with Gasteiger partial charge in [-0.2, -0.15) is 4.52 Å². The average molecular weight is 256 g/mol. The van der Waals surface area contributed by atoms with Crippen LogP contribution in [0.15, 0.2) is 36.7 Å². The molecule has 2 heterocycles. The summed E-state index contributed by atoms with van der Waals surface area (Å²) in [6, 6.07) is 7.83. The van der Waals surface area contributed by atoms with E-state index in [4.69, 9.17) is 4.74 Å². The molecule has 0 aliphatic rings. The molecule has 0 unspecified atom stereocenters. The number of hydrogen-bond donors (Lipinski definition) is 1. The Morgan fingerprint density at radius 2 is 2.16 bits per heavy atom. The first kappa shape index (κ1) is 11.4. The van der Waals surface area contributed by atoms with Gasteiger partial charge < -0.3 is 10.1 Å². The highest BCUT2D eigenvalue weighted by atomic mass is 16.5. The van der Waals surface area contributed by atoms with E-state index in [1.165, 1.54) is 0 Å². The maximum Gasteiger partial charge on any atom is 0.199 e. The molecule has 0 amide bonds. The summed E-state index contributed by atoms with van der Waals surface area (Å²) in [5.74, 6) is 1.57. The summed E-state index contributed by atoms with van der Waals surface area (Å²) < 4.78 is 6.90. The predicted octanol–water partition coefficient (Wildman–Crippen LogP) is 1.14. The molecule has 3 aromatic rings. The lowest BCUT2D eigenvalue weighted by Gasteiger charge is -2.10. The minimum absolute atomic E-state index is 0.602. The first-order valence-electron chi connectivity index (χ1n) is 5.76. The number of nitrogens with one attached hydrogen (secondary N) is 1. The Morgan fingerprint density at radius 3 is 3.05 bits per heavy atom. The van der Waals surface area contributed by atoms with E-state index in [1.807, 2.05) is 24.3 Å². The average Bonchev–Trinajstić information content (AvgIpc) is 2.94. The lowest BCUT2D eigenvalue weighted by molar-refractivity contribution is 0.410. The second kappa shape index (κ2) is 4.89. The van der Waals surface area contributed by atoms with E-state index in [0.717, 1.165) is 17.1 Å². The summed E-state index contributed by atoms with van der Waals surface area (Å²) in [5.41, 5.74) is 1.65. The summed E-state index contributed by atoms with van der Waals surface area (Å²) in [6.45, 7) is 0.602. The van der Waals surface area contributed by atoms with Gasteiger partial charge in [0.15, 0.2) is 11.5 Å². The van der Waals surface area contributed by atoms with Crippen LogP contribution in [-0.2, 0) is 6.54 Å². The quantitative estimate of drug-likeness (QED) is 0.754. The number of tetrazole rings is 1. The lowest BCUT2D eigenvalue weighted by Crippen LogP contribution is -2.06. The number of fused-ring (bicyclic) bond motifs is 1. The summed E-state index contributed by atoms with van der Waals surface area (Å²) in [7, 11) is 1.66. The maximum atomic E-state index is 5.30. The lowest BCUT2D eigenvalue weighted by atomic mass is 10.2. The minimum Gasteiger partial charge on any atom is -0.496 e. The van der Waals surface area contributed by atoms with Crippen LogP contribution < -0.4 is 10.1 Å². The number of hydrogen-bond acceptors (Lipinski definition) is 6. The normalized spacial score (nSPS) is 10.6. The second-order valence-corrected chi connectivity index (χ2v) is 3.91. The molecule has 0 aliphatic heterocycles. The minimum atomic E-state index is 0.602. The fourth-order valence-corrected chi connectivity index (χ4v) is 1.83. The Balaban J connectivity index is 1.84. The molecule has 3 rings (SSSR count). The van der Waals surface area contributed by atoms with Crippen LogP contribution in [0.5, 0.6) is 5.75 Å². The molecule has 0 bridgehead atoms. The predicted molar refractivity (Wildman–Crippen MR) is 68.9 cm³/mol. The maximum absolute atomic E-state index is 5.30. The molecule has 0 aliphatic carbocycles. The summed E-state index contributed by atoms with van der Waals surface area (Å²) in [6.07, 6.45) is 3.28. The van der Waals surface area contributed by atoms with Gasteiger partial charge in [0.2, 0.25) is 0 Å². The molecule has 0 fully saturated rings. The van der Waals surface area contributed by atoms with Crippen LogP contribution in [0.4, 0.5) is 5.82 Å². The highest BCUT2D eigenvalue weighted by Gasteiger charge is 2.05. The van der Waals surface area contributed by atoms with Crippen molar-refractivity contribution in [3.8, 4) is 5.75 Å². The van der Waals surface area contributed by atoms with Gasteiger partial charge >= 0.3 is 0 Å². The molecule has 96 valence electrons. The van der Waals surface area contributed by atoms with Crippen molar-refractivity contribution in [3.05, 3.63) is 42.2 Å². The molecule has 1 aromatic carbocycles. The Labute approximate surface area is 109 Å². The number of anilines is 1. The standard InChI is InChI=1S/C12H12N6O/c1-19-10-5-3-2-4-9(10)6-14-11-7-13-8-12-15-16-17-18(11)12/h2-5,7-8,14H,6H2,1H3. The second-order valence-electron chi connectivity index (χ2n) is 3.91. The third-order valence-electron chi connectivity index (χ3n) is 2.76. The summed E-state index contributed by atoms with van der Waals surface area (Å²) in [4.78, 5) is 4.08. The van der Waals surface area contributed by atoms with Crippen LogP contribution in [0.3, 0.4) is 0 Å². The van der Waals surface area contributed by atoms with Gasteiger partial charge in [-0.3, -0.25) is 4.98 Å². The van der Waals surface area contributed by atoms with Gasteiger partial charge in [-0.15, -0.1) is 5.10 Å². The molecule has 0 saturated carbocycles. The van der Waals surface area contributed by atoms with E-state index in [0.29, 0.717) is 12.2 Å². The Bertz CT molecular complexity index is 695. The fourth-order valence-electron chi connectivity index (χ4n) is 1.83. The van der Waals surface area contributed by atoms with Crippen molar-refractivity contribution < 1.29 is 4.74 Å². The molecule has 7 heteroatoms. The van der Waals surface area contributed by atoms with Crippen molar-refractivity contribution >= 4 is 11.5 Å². The molecule has 0 saturated heterocycles. The van der Waals surface area contributed by atoms with Crippen molar-refractivity contribution in [2.75, 3.05) is 12.4 Å². The van der Waals surface area contributed by atoms with E-state index in [1.54, 1.807) is 24.0 Å². The monoisotopic (exact) mass is 256 g/mol. The number of ether oxygens (including phenoxy) is 1. The van der Waals surface area contributed by atoms with E-state index < -0.39 is 0 Å². The van der Waals surface area contributed by atoms with Gasteiger partial charge in [-0.25, -0.2) is 0 Å². The largest absolute Gasteiger partial charge is 0.496 e. The molecular weight excluding hydrogens is 244 g/mol. The van der Waals surface area contributed by atoms with Crippen molar-refractivity contribution in [1.29, 1.82) is 0 Å².